The molecule has 6 heteroatoms. The van der Waals surface area contributed by atoms with Crippen LogP contribution in [-0.2, 0) is 14.6 Å². The van der Waals surface area contributed by atoms with Crippen molar-refractivity contribution in [2.75, 3.05) is 24.6 Å². The fourth-order valence-electron chi connectivity index (χ4n) is 2.64. The summed E-state index contributed by atoms with van der Waals surface area (Å²) in [5.74, 6) is 0.511. The Hall–Kier alpha value is -0.620. The lowest BCUT2D eigenvalue weighted by atomic mass is 10.1. The van der Waals surface area contributed by atoms with E-state index in [1.165, 1.54) is 0 Å². The molecule has 0 aromatic rings. The molecule has 1 fully saturated rings. The molecule has 112 valence electrons. The van der Waals surface area contributed by atoms with Gasteiger partial charge in [0.05, 0.1) is 11.5 Å². The Balaban J connectivity index is 2.48. The zero-order valence-electron chi connectivity index (χ0n) is 12.1. The molecule has 2 N–H and O–H groups in total. The zero-order chi connectivity index (χ0) is 14.6. The molecule has 0 aliphatic carbocycles. The van der Waals surface area contributed by atoms with Crippen LogP contribution in [0.3, 0.4) is 0 Å². The quantitative estimate of drug-likeness (QED) is 0.778. The summed E-state index contributed by atoms with van der Waals surface area (Å²) < 4.78 is 23.5. The van der Waals surface area contributed by atoms with Crippen molar-refractivity contribution in [1.29, 1.82) is 0 Å². The van der Waals surface area contributed by atoms with E-state index in [2.05, 4.69) is 0 Å². The van der Waals surface area contributed by atoms with Gasteiger partial charge in [0.1, 0.15) is 0 Å². The van der Waals surface area contributed by atoms with Crippen molar-refractivity contribution in [3.8, 4) is 0 Å². The first-order chi connectivity index (χ1) is 8.75. The minimum absolute atomic E-state index is 0.0411. The highest BCUT2D eigenvalue weighted by Gasteiger charge is 2.31. The van der Waals surface area contributed by atoms with E-state index in [1.54, 1.807) is 4.90 Å². The smallest absolute Gasteiger partial charge is 0.223 e. The van der Waals surface area contributed by atoms with Crippen molar-refractivity contribution in [3.05, 3.63) is 0 Å². The van der Waals surface area contributed by atoms with Gasteiger partial charge >= 0.3 is 0 Å². The van der Waals surface area contributed by atoms with Gasteiger partial charge in [-0.2, -0.15) is 0 Å². The maximum absolute atomic E-state index is 12.1. The van der Waals surface area contributed by atoms with Crippen LogP contribution in [-0.4, -0.2) is 49.9 Å². The number of hydrogen-bond acceptors (Lipinski definition) is 4. The lowest BCUT2D eigenvalue weighted by Gasteiger charge is -2.21. The maximum Gasteiger partial charge on any atom is 0.223 e. The van der Waals surface area contributed by atoms with Gasteiger partial charge in [0, 0.05) is 19.0 Å². The minimum atomic E-state index is -3.11. The largest absolute Gasteiger partial charge is 0.340 e. The van der Waals surface area contributed by atoms with Crippen LogP contribution in [0.25, 0.3) is 0 Å². The normalized spacial score (nSPS) is 24.2. The summed E-state index contributed by atoms with van der Waals surface area (Å²) in [5.41, 5.74) is 5.62. The summed E-state index contributed by atoms with van der Waals surface area (Å²) in [6, 6.07) is 0.175. The molecule has 1 saturated heterocycles. The summed E-state index contributed by atoms with van der Waals surface area (Å²) in [5, 5.41) is 0. The van der Waals surface area contributed by atoms with E-state index in [1.807, 2.05) is 20.8 Å². The van der Waals surface area contributed by atoms with Crippen LogP contribution >= 0.6 is 0 Å². The first kappa shape index (κ1) is 16.4. The molecule has 19 heavy (non-hydrogen) atoms. The third-order valence-corrected chi connectivity index (χ3v) is 5.53. The Morgan fingerprint density at radius 3 is 2.53 bits per heavy atom. The van der Waals surface area contributed by atoms with E-state index in [4.69, 9.17) is 5.73 Å². The molecule has 1 aliphatic heterocycles. The van der Waals surface area contributed by atoms with E-state index < -0.39 is 9.84 Å². The van der Waals surface area contributed by atoms with Crippen LogP contribution in [0.2, 0.25) is 0 Å². The van der Waals surface area contributed by atoms with E-state index in [-0.39, 0.29) is 35.8 Å². The Morgan fingerprint density at radius 1 is 1.42 bits per heavy atom. The Bertz CT molecular complexity index is 406. The Kier molecular flexibility index (Phi) is 5.80. The van der Waals surface area contributed by atoms with Gasteiger partial charge < -0.3 is 10.6 Å². The molecule has 0 radical (unpaired) electrons. The van der Waals surface area contributed by atoms with Crippen LogP contribution in [0.1, 0.15) is 33.6 Å². The first-order valence-corrected chi connectivity index (χ1v) is 8.77. The van der Waals surface area contributed by atoms with Crippen molar-refractivity contribution in [2.24, 2.45) is 17.6 Å². The van der Waals surface area contributed by atoms with Crippen LogP contribution in [0.4, 0.5) is 0 Å². The molecule has 0 bridgehead atoms. The molecule has 2 atom stereocenters. The molecule has 0 aromatic carbocycles. The number of carbonyl (C=O) groups is 1. The lowest BCUT2D eigenvalue weighted by Crippen LogP contribution is -2.35. The van der Waals surface area contributed by atoms with E-state index in [0.29, 0.717) is 19.0 Å². The molecule has 2 unspecified atom stereocenters. The average molecular weight is 290 g/mol. The number of nitrogens with two attached hydrogens (primary N) is 1. The summed E-state index contributed by atoms with van der Waals surface area (Å²) >= 11 is 0. The SMILES string of the molecule is CC(C)CS(=O)(=O)CCC(=O)N1CC(CN)CC1C. The highest BCUT2D eigenvalue weighted by atomic mass is 32.2. The predicted molar refractivity (Wildman–Crippen MR) is 76.4 cm³/mol. The standard InChI is InChI=1S/C13H26N2O3S/c1-10(2)9-19(17,18)5-4-13(16)15-8-12(7-14)6-11(15)3/h10-12H,4-9,14H2,1-3H3. The Morgan fingerprint density at radius 2 is 2.05 bits per heavy atom. The van der Waals surface area contributed by atoms with E-state index in [9.17, 15) is 13.2 Å². The van der Waals surface area contributed by atoms with Crippen LogP contribution < -0.4 is 5.73 Å². The van der Waals surface area contributed by atoms with Gasteiger partial charge in [-0.15, -0.1) is 0 Å². The number of nitrogens with zero attached hydrogens (tertiary/aromatic N) is 1. The van der Waals surface area contributed by atoms with Gasteiger partial charge in [-0.3, -0.25) is 4.79 Å². The fourth-order valence-corrected chi connectivity index (χ4v) is 4.31. The molecule has 1 heterocycles. The fraction of sp³-hybridized carbons (Fsp3) is 0.923. The van der Waals surface area contributed by atoms with Crippen LogP contribution in [0, 0.1) is 11.8 Å². The number of rotatable bonds is 6. The number of hydrogen-bond donors (Lipinski definition) is 1. The summed E-state index contributed by atoms with van der Waals surface area (Å²) in [4.78, 5) is 13.9. The van der Waals surface area contributed by atoms with Crippen LogP contribution in [0.5, 0.6) is 0 Å². The summed E-state index contributed by atoms with van der Waals surface area (Å²) in [6.07, 6.45) is 1.01. The van der Waals surface area contributed by atoms with Gasteiger partial charge in [0.2, 0.25) is 5.91 Å². The van der Waals surface area contributed by atoms with Gasteiger partial charge in [-0.1, -0.05) is 13.8 Å². The average Bonchev–Trinajstić information content (AvgIpc) is 2.66. The monoisotopic (exact) mass is 290 g/mol. The molecule has 1 aliphatic rings. The third-order valence-electron chi connectivity index (χ3n) is 3.53. The summed E-state index contributed by atoms with van der Waals surface area (Å²) in [6.45, 7) is 6.98. The summed E-state index contributed by atoms with van der Waals surface area (Å²) in [7, 11) is -3.11. The zero-order valence-corrected chi connectivity index (χ0v) is 12.9. The lowest BCUT2D eigenvalue weighted by molar-refractivity contribution is -0.131. The molecule has 0 saturated carbocycles. The topological polar surface area (TPSA) is 80.5 Å². The Labute approximate surface area is 116 Å². The number of sulfone groups is 1. The molecule has 1 amide bonds. The van der Waals surface area contributed by atoms with E-state index in [0.717, 1.165) is 6.42 Å². The second kappa shape index (κ2) is 6.70. The van der Waals surface area contributed by atoms with Crippen molar-refractivity contribution in [3.63, 3.8) is 0 Å². The molecule has 0 spiro atoms. The van der Waals surface area contributed by atoms with Gasteiger partial charge in [0.25, 0.3) is 0 Å². The van der Waals surface area contributed by atoms with Gasteiger partial charge in [0.15, 0.2) is 9.84 Å². The molecule has 0 aromatic heterocycles. The minimum Gasteiger partial charge on any atom is -0.340 e. The molecule has 5 nitrogen and oxygen atoms in total. The van der Waals surface area contributed by atoms with Gasteiger partial charge in [-0.25, -0.2) is 8.42 Å². The maximum atomic E-state index is 12.1. The third kappa shape index (κ3) is 5.10. The molecular weight excluding hydrogens is 264 g/mol. The number of amides is 1. The molecular formula is C13H26N2O3S. The van der Waals surface area contributed by atoms with Crippen molar-refractivity contribution in [2.45, 2.75) is 39.7 Å². The van der Waals surface area contributed by atoms with Gasteiger partial charge in [-0.05, 0) is 31.7 Å². The van der Waals surface area contributed by atoms with E-state index >= 15 is 0 Å². The molecule has 1 rings (SSSR count). The van der Waals surface area contributed by atoms with Crippen molar-refractivity contribution < 1.29 is 13.2 Å². The van der Waals surface area contributed by atoms with Crippen LogP contribution in [0.15, 0.2) is 0 Å². The van der Waals surface area contributed by atoms with Crippen molar-refractivity contribution in [1.82, 2.24) is 4.90 Å². The first-order valence-electron chi connectivity index (χ1n) is 6.95. The second-order valence-electron chi connectivity index (χ2n) is 5.99. The highest BCUT2D eigenvalue weighted by molar-refractivity contribution is 7.91. The van der Waals surface area contributed by atoms with Crippen molar-refractivity contribution >= 4 is 15.7 Å². The number of likely N-dealkylation sites (tertiary alicyclic amines) is 1. The number of carbonyl (C=O) groups excluding carboxylic acids is 1. The highest BCUT2D eigenvalue weighted by Crippen LogP contribution is 2.22. The predicted octanol–water partition coefficient (Wildman–Crippen LogP) is 0.643. The second-order valence-corrected chi connectivity index (χ2v) is 8.22.